The number of H-pyrrole nitrogens is 1. The van der Waals surface area contributed by atoms with Crippen LogP contribution in [0.5, 0.6) is 0 Å². The molecular weight excluding hydrogens is 266 g/mol. The minimum absolute atomic E-state index is 0.234. The Balaban J connectivity index is 1.77. The number of aryl methyl sites for hydroxylation is 1. The molecule has 0 saturated heterocycles. The van der Waals surface area contributed by atoms with Crippen molar-refractivity contribution >= 4 is 11.9 Å². The van der Waals surface area contributed by atoms with Gasteiger partial charge < -0.3 is 4.98 Å². The molecule has 6 nitrogen and oxygen atoms in total. The summed E-state index contributed by atoms with van der Waals surface area (Å²) in [6, 6.07) is 12.8. The van der Waals surface area contributed by atoms with Gasteiger partial charge in [-0.1, -0.05) is 23.8 Å². The number of nitrogens with one attached hydrogen (secondary N) is 2. The first-order chi connectivity index (χ1) is 10.2. The Morgan fingerprint density at radius 1 is 1.14 bits per heavy atom. The van der Waals surface area contributed by atoms with Gasteiger partial charge in [-0.3, -0.25) is 15.1 Å². The molecule has 3 rings (SSSR count). The van der Waals surface area contributed by atoms with Gasteiger partial charge in [0.25, 0.3) is 5.91 Å². The summed E-state index contributed by atoms with van der Waals surface area (Å²) in [7, 11) is 0. The van der Waals surface area contributed by atoms with Crippen molar-refractivity contribution < 1.29 is 4.79 Å². The largest absolute Gasteiger partial charge is 0.306 e. The van der Waals surface area contributed by atoms with Gasteiger partial charge >= 0.3 is 0 Å². The summed E-state index contributed by atoms with van der Waals surface area (Å²) < 4.78 is 0. The third kappa shape index (κ3) is 2.94. The molecule has 2 aromatic heterocycles. The highest BCUT2D eigenvalue weighted by Gasteiger charge is 2.10. The van der Waals surface area contributed by atoms with Crippen LogP contribution < -0.4 is 5.32 Å². The van der Waals surface area contributed by atoms with Crippen molar-refractivity contribution in [1.82, 2.24) is 20.2 Å². The van der Waals surface area contributed by atoms with Crippen LogP contribution in [-0.4, -0.2) is 26.1 Å². The highest BCUT2D eigenvalue weighted by Crippen LogP contribution is 2.13. The fraction of sp³-hybridized carbons (Fsp3) is 0.0667. The first-order valence-corrected chi connectivity index (χ1v) is 6.44. The second kappa shape index (κ2) is 5.54. The van der Waals surface area contributed by atoms with Crippen LogP contribution in [0.4, 0.5) is 5.95 Å². The zero-order valence-corrected chi connectivity index (χ0v) is 11.4. The van der Waals surface area contributed by atoms with Gasteiger partial charge in [0.1, 0.15) is 5.69 Å². The molecular formula is C15H13N5O. The van der Waals surface area contributed by atoms with E-state index in [0.29, 0.717) is 23.0 Å². The molecule has 0 unspecified atom stereocenters. The number of aromatic nitrogens is 4. The smallest absolute Gasteiger partial charge is 0.258 e. The average molecular weight is 279 g/mol. The first-order valence-electron chi connectivity index (χ1n) is 6.44. The van der Waals surface area contributed by atoms with E-state index in [1.165, 1.54) is 0 Å². The number of carbonyl (C=O) groups is 1. The Bertz CT molecular complexity index is 766. The topological polar surface area (TPSA) is 83.6 Å². The molecule has 1 amide bonds. The molecule has 0 atom stereocenters. The van der Waals surface area contributed by atoms with E-state index in [0.717, 1.165) is 5.56 Å². The molecule has 2 heterocycles. The zero-order chi connectivity index (χ0) is 14.7. The Kier molecular flexibility index (Phi) is 3.42. The third-order valence-corrected chi connectivity index (χ3v) is 2.91. The van der Waals surface area contributed by atoms with Crippen molar-refractivity contribution in [3.8, 4) is 11.5 Å². The van der Waals surface area contributed by atoms with Crippen LogP contribution in [-0.2, 0) is 0 Å². The predicted octanol–water partition coefficient (Wildman–Crippen LogP) is 2.43. The fourth-order valence-corrected chi connectivity index (χ4v) is 1.90. The summed E-state index contributed by atoms with van der Waals surface area (Å²) in [5.74, 6) is 0.569. The molecule has 3 aromatic rings. The normalized spacial score (nSPS) is 10.3. The SMILES string of the molecule is Cc1cccc(C(=O)Nc2nnc(-c3ccccn3)[nH]2)c1. The van der Waals surface area contributed by atoms with Gasteiger partial charge in [-0.05, 0) is 31.2 Å². The Morgan fingerprint density at radius 3 is 2.81 bits per heavy atom. The number of anilines is 1. The van der Waals surface area contributed by atoms with Gasteiger partial charge in [0, 0.05) is 11.8 Å². The van der Waals surface area contributed by atoms with Gasteiger partial charge in [-0.25, -0.2) is 0 Å². The number of aromatic amines is 1. The van der Waals surface area contributed by atoms with Crippen LogP contribution >= 0.6 is 0 Å². The number of hydrogen-bond donors (Lipinski definition) is 2. The van der Waals surface area contributed by atoms with Crippen LogP contribution in [0.3, 0.4) is 0 Å². The molecule has 0 spiro atoms. The van der Waals surface area contributed by atoms with Crippen molar-refractivity contribution in [3.05, 3.63) is 59.8 Å². The van der Waals surface area contributed by atoms with E-state index in [9.17, 15) is 4.79 Å². The maximum Gasteiger partial charge on any atom is 0.258 e. The van der Waals surface area contributed by atoms with Gasteiger partial charge in [-0.15, -0.1) is 10.2 Å². The summed E-state index contributed by atoms with van der Waals surface area (Å²) in [4.78, 5) is 19.2. The first kappa shape index (κ1) is 13.0. The van der Waals surface area contributed by atoms with Crippen LogP contribution in [0.25, 0.3) is 11.5 Å². The van der Waals surface area contributed by atoms with Gasteiger partial charge in [-0.2, -0.15) is 0 Å². The number of carbonyl (C=O) groups excluding carboxylic acids is 1. The van der Waals surface area contributed by atoms with Crippen LogP contribution in [0, 0.1) is 6.92 Å². The molecule has 0 fully saturated rings. The molecule has 0 aliphatic rings. The molecule has 104 valence electrons. The zero-order valence-electron chi connectivity index (χ0n) is 11.4. The minimum Gasteiger partial charge on any atom is -0.306 e. The van der Waals surface area contributed by atoms with Gasteiger partial charge in [0.05, 0.1) is 0 Å². The second-order valence-corrected chi connectivity index (χ2v) is 4.56. The van der Waals surface area contributed by atoms with Crippen molar-refractivity contribution in [3.63, 3.8) is 0 Å². The van der Waals surface area contributed by atoms with Crippen molar-refractivity contribution in [2.45, 2.75) is 6.92 Å². The van der Waals surface area contributed by atoms with E-state index in [1.807, 2.05) is 43.3 Å². The molecule has 21 heavy (non-hydrogen) atoms. The van der Waals surface area contributed by atoms with E-state index in [-0.39, 0.29) is 5.91 Å². The highest BCUT2D eigenvalue weighted by molar-refractivity contribution is 6.03. The maximum atomic E-state index is 12.1. The fourth-order valence-electron chi connectivity index (χ4n) is 1.90. The number of rotatable bonds is 3. The maximum absolute atomic E-state index is 12.1. The van der Waals surface area contributed by atoms with E-state index < -0.39 is 0 Å². The summed E-state index contributed by atoms with van der Waals surface area (Å²) in [6.45, 7) is 1.93. The quantitative estimate of drug-likeness (QED) is 0.771. The molecule has 1 aromatic carbocycles. The van der Waals surface area contributed by atoms with Gasteiger partial charge in [0.2, 0.25) is 5.95 Å². The Labute approximate surface area is 121 Å². The van der Waals surface area contributed by atoms with Crippen LogP contribution in [0.2, 0.25) is 0 Å². The Morgan fingerprint density at radius 2 is 2.05 bits per heavy atom. The van der Waals surface area contributed by atoms with Crippen LogP contribution in [0.1, 0.15) is 15.9 Å². The molecule has 0 radical (unpaired) electrons. The van der Waals surface area contributed by atoms with E-state index in [2.05, 4.69) is 25.5 Å². The van der Waals surface area contributed by atoms with Crippen molar-refractivity contribution in [1.29, 1.82) is 0 Å². The van der Waals surface area contributed by atoms with Crippen molar-refractivity contribution in [2.75, 3.05) is 5.32 Å². The highest BCUT2D eigenvalue weighted by atomic mass is 16.1. The molecule has 0 bridgehead atoms. The van der Waals surface area contributed by atoms with Gasteiger partial charge in [0.15, 0.2) is 5.82 Å². The lowest BCUT2D eigenvalue weighted by atomic mass is 10.1. The summed E-state index contributed by atoms with van der Waals surface area (Å²) in [5.41, 5.74) is 2.27. The number of pyridine rings is 1. The Hall–Kier alpha value is -3.02. The summed E-state index contributed by atoms with van der Waals surface area (Å²) in [5, 5.41) is 10.6. The number of nitrogens with zero attached hydrogens (tertiary/aromatic N) is 3. The number of benzene rings is 1. The summed E-state index contributed by atoms with van der Waals surface area (Å²) in [6.07, 6.45) is 1.67. The second-order valence-electron chi connectivity index (χ2n) is 4.56. The lowest BCUT2D eigenvalue weighted by molar-refractivity contribution is 0.102. The average Bonchev–Trinajstić information content (AvgIpc) is 2.97. The standard InChI is InChI=1S/C15H13N5O/c1-10-5-4-6-11(9-10)14(21)18-15-17-13(19-20-15)12-7-2-3-8-16-12/h2-9H,1H3,(H2,17,18,19,20,21). The minimum atomic E-state index is -0.234. The van der Waals surface area contributed by atoms with Crippen LogP contribution in [0.15, 0.2) is 48.7 Å². The molecule has 0 aliphatic carbocycles. The molecule has 2 N–H and O–H groups in total. The molecule has 0 saturated carbocycles. The van der Waals surface area contributed by atoms with E-state index in [1.54, 1.807) is 12.3 Å². The molecule has 0 aliphatic heterocycles. The third-order valence-electron chi connectivity index (χ3n) is 2.91. The monoisotopic (exact) mass is 279 g/mol. The molecule has 6 heteroatoms. The predicted molar refractivity (Wildman–Crippen MR) is 78.7 cm³/mol. The number of amides is 1. The summed E-state index contributed by atoms with van der Waals surface area (Å²) >= 11 is 0. The lowest BCUT2D eigenvalue weighted by Gasteiger charge is -2.02. The lowest BCUT2D eigenvalue weighted by Crippen LogP contribution is -2.13. The van der Waals surface area contributed by atoms with Crippen molar-refractivity contribution in [2.24, 2.45) is 0 Å². The van der Waals surface area contributed by atoms with E-state index >= 15 is 0 Å². The number of hydrogen-bond acceptors (Lipinski definition) is 4. The van der Waals surface area contributed by atoms with E-state index in [4.69, 9.17) is 0 Å².